The molecule has 0 aliphatic heterocycles. The van der Waals surface area contributed by atoms with Gasteiger partial charge in [0.25, 0.3) is 0 Å². The first kappa shape index (κ1) is 41.1. The molecule has 0 heterocycles. The van der Waals surface area contributed by atoms with Crippen LogP contribution in [0.2, 0.25) is 8.35 Å². The van der Waals surface area contributed by atoms with E-state index in [1.54, 1.807) is 28.9 Å². The van der Waals surface area contributed by atoms with Crippen molar-refractivity contribution in [2.24, 2.45) is 0 Å². The van der Waals surface area contributed by atoms with E-state index in [1.165, 1.54) is 67.4 Å². The number of hydrogen-bond donors (Lipinski definition) is 0. The van der Waals surface area contributed by atoms with Gasteiger partial charge in [0.1, 0.15) is 0 Å². The molecule has 0 spiro atoms. The van der Waals surface area contributed by atoms with Crippen molar-refractivity contribution in [2.75, 3.05) is 0 Å². The molecule has 6 rings (SSSR count). The van der Waals surface area contributed by atoms with E-state index in [-0.39, 0.29) is 7.35 Å². The molecule has 0 amide bonds. The van der Waals surface area contributed by atoms with Gasteiger partial charge in [-0.25, -0.2) is 0 Å². The average Bonchev–Trinajstić information content (AvgIpc) is 3.70. The fourth-order valence-corrected chi connectivity index (χ4v) is 91.8. The van der Waals surface area contributed by atoms with E-state index in [1.807, 2.05) is 0 Å². The Hall–Kier alpha value is -2.55. The van der Waals surface area contributed by atoms with Gasteiger partial charge in [-0.05, 0) is 0 Å². The van der Waals surface area contributed by atoms with Crippen molar-refractivity contribution in [2.45, 2.75) is 148 Å². The maximum absolute atomic E-state index is 6.39. The molecule has 0 saturated heterocycles. The van der Waals surface area contributed by atoms with Crippen molar-refractivity contribution in [3.63, 3.8) is 0 Å². The summed E-state index contributed by atoms with van der Waals surface area (Å²) in [5.41, 5.74) is 15.6. The maximum atomic E-state index is 2.73. The Morgan fingerprint density at radius 2 is 0.870 bits per heavy atom. The van der Waals surface area contributed by atoms with E-state index in [0.717, 1.165) is 0 Å². The van der Waals surface area contributed by atoms with E-state index >= 15 is 0 Å². The third-order valence-electron chi connectivity index (χ3n) is 16.1. The van der Waals surface area contributed by atoms with Crippen LogP contribution in [0.25, 0.3) is 12.2 Å². The number of unbranched alkanes of at least 4 members (excludes halogenated alkanes) is 2. The Balaban J connectivity index is 2.06. The quantitative estimate of drug-likeness (QED) is 0.111. The number of allylic oxidation sites excluding steroid dienone is 2. The van der Waals surface area contributed by atoms with Crippen LogP contribution in [0.4, 0.5) is 0 Å². The van der Waals surface area contributed by atoms with Crippen LogP contribution in [0.1, 0.15) is 184 Å². The normalized spacial score (nSPS) is 19.0. The fraction of sp³-hybridized carbons (Fsp3) is 0.462. The molecule has 2 atom stereocenters. The Morgan fingerprint density at radius 3 is 1.17 bits per heavy atom. The average molecular weight is 904 g/mol. The first-order valence-electron chi connectivity index (χ1n) is 21.8. The molecule has 4 aromatic rings. The number of rotatable bonds is 14. The van der Waals surface area contributed by atoms with Gasteiger partial charge in [-0.15, -0.1) is 0 Å². The minimum atomic E-state index is -6.39. The van der Waals surface area contributed by atoms with Gasteiger partial charge in [0.2, 0.25) is 0 Å². The number of hydrogen-bond acceptors (Lipinski definition) is 0. The molecule has 0 bridgehead atoms. The van der Waals surface area contributed by atoms with Crippen molar-refractivity contribution in [3.05, 3.63) is 141 Å². The third-order valence-corrected chi connectivity index (χ3v) is 89.5. The van der Waals surface area contributed by atoms with Gasteiger partial charge in [0.05, 0.1) is 0 Å². The van der Waals surface area contributed by atoms with Crippen molar-refractivity contribution >= 4 is 25.7 Å². The molecule has 2 aliphatic carbocycles. The van der Waals surface area contributed by atoms with E-state index in [9.17, 15) is 0 Å². The molecule has 4 aromatic carbocycles. The van der Waals surface area contributed by atoms with Gasteiger partial charge in [0, 0.05) is 0 Å². The summed E-state index contributed by atoms with van der Waals surface area (Å²) < 4.78 is 6.42. The van der Waals surface area contributed by atoms with Crippen LogP contribution in [0.15, 0.2) is 96.1 Å². The second-order valence-corrected chi connectivity index (χ2v) is 80.9. The Kier molecular flexibility index (Phi) is 10.5. The van der Waals surface area contributed by atoms with Crippen LogP contribution in [0, 0.1) is 0 Å². The molecule has 288 valence electrons. The van der Waals surface area contributed by atoms with Crippen molar-refractivity contribution in [1.82, 2.24) is 0 Å². The third kappa shape index (κ3) is 5.20. The summed E-state index contributed by atoms with van der Waals surface area (Å²) in [6.45, 7) is 32.0. The van der Waals surface area contributed by atoms with Crippen molar-refractivity contribution in [1.29, 1.82) is 0 Å². The van der Waals surface area contributed by atoms with Crippen molar-refractivity contribution < 1.29 is 14.2 Å². The Labute approximate surface area is 326 Å². The van der Waals surface area contributed by atoms with Gasteiger partial charge in [-0.2, -0.15) is 0 Å². The molecular weight excluding hydrogens is 831 g/mol. The molecule has 2 heteroatoms. The predicted molar refractivity (Wildman–Crippen MR) is 242 cm³/mol. The molecule has 0 radical (unpaired) electrons. The van der Waals surface area contributed by atoms with Gasteiger partial charge in [-0.3, -0.25) is 0 Å². The first-order chi connectivity index (χ1) is 25.5. The number of fused-ring (bicyclic) bond motifs is 2. The summed E-state index contributed by atoms with van der Waals surface area (Å²) >= 11 is -6.39. The predicted octanol–water partition coefficient (Wildman–Crippen LogP) is 14.2. The van der Waals surface area contributed by atoms with E-state index in [4.69, 9.17) is 0 Å². The Morgan fingerprint density at radius 1 is 0.519 bits per heavy atom. The number of benzene rings is 4. The zero-order valence-corrected chi connectivity index (χ0v) is 41.2. The summed E-state index contributed by atoms with van der Waals surface area (Å²) in [6.07, 6.45) is 10.2. The summed E-state index contributed by atoms with van der Waals surface area (Å²) in [7, 11) is 0. The summed E-state index contributed by atoms with van der Waals surface area (Å²) in [4.78, 5) is 0. The van der Waals surface area contributed by atoms with Crippen LogP contribution in [0.5, 0.6) is 0 Å². The van der Waals surface area contributed by atoms with Crippen LogP contribution in [0.3, 0.4) is 0 Å². The standard InChI is InChI=1S/2C16H21.2C6H5.2C4H9.Hf.H2Si/c2*1-10(2)13-8-14-6-12(5)7-16(14)15(9-13)11(3)4;2*1-2-4-6-5-3-1;2*1-3-4-2;;/h2*6-11H,1-5H3;2*1-5H;2*1,3-4H2,2H3;;1H2. The van der Waals surface area contributed by atoms with E-state index < -0.39 is 14.2 Å². The minimum absolute atomic E-state index is 0.284. The zero-order chi connectivity index (χ0) is 39.3. The van der Waals surface area contributed by atoms with Gasteiger partial charge in [-0.1, -0.05) is 0 Å². The SMILES string of the molecule is CCC[CH2][Hf](=[SiH2])([CH2]CCC)([c]1ccccc1)([c]1ccccc1)([CH]1C(C)=Cc2c(C(C)C)cc(C(C)C)cc21)[CH]1C(C)=Cc2c(C(C)C)cc(C(C)C)cc21. The molecule has 0 nitrogen and oxygen atoms in total. The topological polar surface area (TPSA) is 0 Å². The molecule has 0 aromatic heterocycles. The van der Waals surface area contributed by atoms with Crippen LogP contribution >= 0.6 is 0 Å². The van der Waals surface area contributed by atoms with Gasteiger partial charge >= 0.3 is 329 Å². The van der Waals surface area contributed by atoms with E-state index in [2.05, 4.69) is 187 Å². The van der Waals surface area contributed by atoms with Crippen LogP contribution in [-0.4, -0.2) is 6.94 Å². The summed E-state index contributed by atoms with van der Waals surface area (Å²) in [6, 6.07) is 35.5. The zero-order valence-electron chi connectivity index (χ0n) is 36.2. The molecule has 0 fully saturated rings. The second kappa shape index (κ2) is 13.8. The van der Waals surface area contributed by atoms with Crippen molar-refractivity contribution in [3.8, 4) is 0 Å². The van der Waals surface area contributed by atoms with Gasteiger partial charge in [0.15, 0.2) is 0 Å². The van der Waals surface area contributed by atoms with Crippen LogP contribution < -0.4 is 6.64 Å². The van der Waals surface area contributed by atoms with Gasteiger partial charge < -0.3 is 0 Å². The fourth-order valence-electron chi connectivity index (χ4n) is 13.9. The monoisotopic (exact) mass is 904 g/mol. The second-order valence-electron chi connectivity index (χ2n) is 20.3. The summed E-state index contributed by atoms with van der Waals surface area (Å²) in [5.74, 6) is 1.80. The first-order valence-corrected chi connectivity index (χ1v) is 42.9. The Bertz CT molecular complexity index is 2080. The van der Waals surface area contributed by atoms with E-state index in [0.29, 0.717) is 23.7 Å². The molecule has 2 aliphatic rings. The summed E-state index contributed by atoms with van der Waals surface area (Å²) in [5, 5.41) is 0. The molecule has 0 N–H and O–H groups in total. The van der Waals surface area contributed by atoms with Crippen LogP contribution in [-0.2, 0) is 14.2 Å². The molecule has 2 unspecified atom stereocenters. The molecule has 0 saturated carbocycles. The molecule has 54 heavy (non-hydrogen) atoms. The molecular formula is C52H72HfSi.